The Bertz CT molecular complexity index is 701. The zero-order chi connectivity index (χ0) is 18.4. The zero-order valence-electron chi connectivity index (χ0n) is 14.9. The molecule has 0 radical (unpaired) electrons. The van der Waals surface area contributed by atoms with Gasteiger partial charge in [0.15, 0.2) is 6.04 Å². The van der Waals surface area contributed by atoms with Crippen LogP contribution in [0.15, 0.2) is 22.7 Å². The Balaban J connectivity index is 1.87. The van der Waals surface area contributed by atoms with E-state index in [-0.39, 0.29) is 6.04 Å². The molecule has 2 heterocycles. The minimum atomic E-state index is -0.675. The number of nitrogens with zero attached hydrogens (tertiary/aromatic N) is 2. The van der Waals surface area contributed by atoms with Gasteiger partial charge in [0.1, 0.15) is 5.60 Å². The van der Waals surface area contributed by atoms with Crippen molar-refractivity contribution in [1.82, 2.24) is 4.90 Å². The van der Waals surface area contributed by atoms with E-state index in [2.05, 4.69) is 33.0 Å². The highest BCUT2D eigenvalue weighted by molar-refractivity contribution is 9.10. The van der Waals surface area contributed by atoms with Crippen LogP contribution in [0.2, 0.25) is 0 Å². The van der Waals surface area contributed by atoms with Crippen LogP contribution in [-0.4, -0.2) is 54.8 Å². The molecule has 0 aromatic heterocycles. The molecule has 0 saturated carbocycles. The summed E-state index contributed by atoms with van der Waals surface area (Å²) in [5.41, 5.74) is 1.72. The molecule has 2 aliphatic rings. The predicted molar refractivity (Wildman–Crippen MR) is 97.7 cm³/mol. The van der Waals surface area contributed by atoms with E-state index in [9.17, 15) is 9.59 Å². The first-order valence-corrected chi connectivity index (χ1v) is 9.11. The summed E-state index contributed by atoms with van der Waals surface area (Å²) in [4.78, 5) is 28.6. The normalized spacial score (nSPS) is 22.3. The molecular weight excluding hydrogens is 388 g/mol. The lowest BCUT2D eigenvalue weighted by atomic mass is 10.1. The molecule has 1 saturated heterocycles. The number of carbonyl (C=O) groups excluding carboxylic acids is 2. The molecule has 0 bridgehead atoms. The van der Waals surface area contributed by atoms with E-state index in [1.807, 2.05) is 26.8 Å². The predicted octanol–water partition coefficient (Wildman–Crippen LogP) is 2.97. The maximum absolute atomic E-state index is 12.6. The van der Waals surface area contributed by atoms with Crippen molar-refractivity contribution in [2.75, 3.05) is 25.1 Å². The molecule has 1 aromatic rings. The summed E-state index contributed by atoms with van der Waals surface area (Å²) in [5.74, 6) is -0.421. The smallest absolute Gasteiger partial charge is 0.411 e. The summed E-state index contributed by atoms with van der Waals surface area (Å²) in [6.07, 6.45) is 0.363. The number of fused-ring (bicyclic) bond motifs is 3. The number of rotatable bonds is 1. The summed E-state index contributed by atoms with van der Waals surface area (Å²) in [5, 5.41) is 0. The number of halogens is 1. The second-order valence-electron chi connectivity index (χ2n) is 7.46. The third-order valence-electron chi connectivity index (χ3n) is 4.50. The van der Waals surface area contributed by atoms with Gasteiger partial charge in [-0.25, -0.2) is 9.59 Å². The van der Waals surface area contributed by atoms with Crippen molar-refractivity contribution in [2.45, 2.75) is 44.9 Å². The van der Waals surface area contributed by atoms with Crippen LogP contribution in [0.5, 0.6) is 0 Å². The Labute approximate surface area is 156 Å². The fourth-order valence-corrected chi connectivity index (χ4v) is 3.88. The molecule has 136 valence electrons. The second kappa shape index (κ2) is 6.52. The molecule has 0 unspecified atom stereocenters. The number of carbonyl (C=O) groups is 2. The minimum Gasteiger partial charge on any atom is -0.467 e. The number of piperazine rings is 1. The Hall–Kier alpha value is -1.76. The first-order chi connectivity index (χ1) is 11.7. The lowest BCUT2D eigenvalue weighted by Gasteiger charge is -2.43. The van der Waals surface area contributed by atoms with Gasteiger partial charge in [0.25, 0.3) is 0 Å². The second-order valence-corrected chi connectivity index (χ2v) is 8.37. The van der Waals surface area contributed by atoms with Crippen molar-refractivity contribution in [2.24, 2.45) is 0 Å². The van der Waals surface area contributed by atoms with Gasteiger partial charge in [-0.2, -0.15) is 0 Å². The van der Waals surface area contributed by atoms with E-state index in [0.29, 0.717) is 13.1 Å². The Kier molecular flexibility index (Phi) is 4.70. The van der Waals surface area contributed by atoms with Crippen molar-refractivity contribution in [3.63, 3.8) is 0 Å². The number of hydrogen-bond acceptors (Lipinski definition) is 5. The molecule has 3 rings (SSSR count). The van der Waals surface area contributed by atoms with E-state index < -0.39 is 23.7 Å². The monoisotopic (exact) mass is 410 g/mol. The molecule has 2 atom stereocenters. The topological polar surface area (TPSA) is 59.1 Å². The van der Waals surface area contributed by atoms with E-state index in [4.69, 9.17) is 9.47 Å². The number of methoxy groups -OCH3 is 1. The Morgan fingerprint density at radius 3 is 2.60 bits per heavy atom. The molecule has 0 spiro atoms. The van der Waals surface area contributed by atoms with Crippen LogP contribution in [-0.2, 0) is 20.7 Å². The third kappa shape index (κ3) is 3.61. The van der Waals surface area contributed by atoms with Crippen LogP contribution in [0, 0.1) is 0 Å². The highest BCUT2D eigenvalue weighted by Crippen LogP contribution is 2.37. The fourth-order valence-electron chi connectivity index (χ4n) is 3.47. The van der Waals surface area contributed by atoms with Gasteiger partial charge in [0.2, 0.25) is 0 Å². The van der Waals surface area contributed by atoms with Gasteiger partial charge in [0.05, 0.1) is 13.2 Å². The quantitative estimate of drug-likeness (QED) is 0.666. The molecule has 1 amide bonds. The summed E-state index contributed by atoms with van der Waals surface area (Å²) >= 11 is 3.50. The molecule has 25 heavy (non-hydrogen) atoms. The van der Waals surface area contributed by atoms with Gasteiger partial charge < -0.3 is 14.4 Å². The summed E-state index contributed by atoms with van der Waals surface area (Å²) in [6.45, 7) is 6.29. The van der Waals surface area contributed by atoms with E-state index >= 15 is 0 Å². The van der Waals surface area contributed by atoms with Crippen LogP contribution in [0.1, 0.15) is 26.3 Å². The van der Waals surface area contributed by atoms with Gasteiger partial charge in [-0.1, -0.05) is 15.9 Å². The molecular formula is C18H23BrN2O4. The Morgan fingerprint density at radius 1 is 1.24 bits per heavy atom. The summed E-state index contributed by atoms with van der Waals surface area (Å²) < 4.78 is 11.5. The van der Waals surface area contributed by atoms with Crippen LogP contribution in [0.25, 0.3) is 0 Å². The third-order valence-corrected chi connectivity index (χ3v) is 5.00. The number of amides is 1. The van der Waals surface area contributed by atoms with Crippen LogP contribution < -0.4 is 4.90 Å². The molecule has 1 fully saturated rings. The van der Waals surface area contributed by atoms with E-state index in [1.54, 1.807) is 0 Å². The SMILES string of the molecule is COC(=O)[C@@H]1CN2c3ccc(Br)cc3C[C@H]2CN1C(=O)OC(C)(C)C. The molecule has 0 N–H and O–H groups in total. The maximum Gasteiger partial charge on any atom is 0.411 e. The van der Waals surface area contributed by atoms with Crippen molar-refractivity contribution >= 4 is 33.7 Å². The number of benzene rings is 1. The minimum absolute atomic E-state index is 0.137. The van der Waals surface area contributed by atoms with Gasteiger partial charge in [-0.05, 0) is 51.0 Å². The van der Waals surface area contributed by atoms with Crippen LogP contribution in [0.3, 0.4) is 0 Å². The van der Waals surface area contributed by atoms with E-state index in [1.165, 1.54) is 17.6 Å². The number of esters is 1. The standard InChI is InChI=1S/C18H23BrN2O4/c1-18(2,3)25-17(23)21-9-13-8-11-7-12(19)5-6-14(11)20(13)10-15(21)16(22)24-4/h5-7,13,15H,8-10H2,1-4H3/t13-,15-/m0/s1. The lowest BCUT2D eigenvalue weighted by Crippen LogP contribution is -2.62. The zero-order valence-corrected chi connectivity index (χ0v) is 16.5. The number of hydrogen-bond donors (Lipinski definition) is 0. The molecule has 1 aromatic carbocycles. The summed E-state index contributed by atoms with van der Waals surface area (Å²) in [6, 6.07) is 5.60. The average molecular weight is 411 g/mol. The maximum atomic E-state index is 12.6. The van der Waals surface area contributed by atoms with E-state index in [0.717, 1.165) is 16.6 Å². The average Bonchev–Trinajstić information content (AvgIpc) is 2.87. The van der Waals surface area contributed by atoms with Crippen molar-refractivity contribution in [1.29, 1.82) is 0 Å². The lowest BCUT2D eigenvalue weighted by molar-refractivity contribution is -0.147. The number of anilines is 1. The molecule has 6 nitrogen and oxygen atoms in total. The molecule has 0 aliphatic carbocycles. The number of ether oxygens (including phenoxy) is 2. The van der Waals surface area contributed by atoms with Crippen molar-refractivity contribution in [3.05, 3.63) is 28.2 Å². The van der Waals surface area contributed by atoms with Crippen LogP contribution >= 0.6 is 15.9 Å². The summed E-state index contributed by atoms with van der Waals surface area (Å²) in [7, 11) is 1.34. The molecule has 7 heteroatoms. The van der Waals surface area contributed by atoms with Gasteiger partial charge in [-0.3, -0.25) is 4.90 Å². The Morgan fingerprint density at radius 2 is 1.96 bits per heavy atom. The fraction of sp³-hybridized carbons (Fsp3) is 0.556. The highest BCUT2D eigenvalue weighted by Gasteiger charge is 2.45. The van der Waals surface area contributed by atoms with Crippen molar-refractivity contribution in [3.8, 4) is 0 Å². The van der Waals surface area contributed by atoms with Gasteiger partial charge >= 0.3 is 12.1 Å². The largest absolute Gasteiger partial charge is 0.467 e. The van der Waals surface area contributed by atoms with Gasteiger partial charge in [-0.15, -0.1) is 0 Å². The highest BCUT2D eigenvalue weighted by atomic mass is 79.9. The first kappa shape index (κ1) is 18.0. The first-order valence-electron chi connectivity index (χ1n) is 8.32. The molecule has 2 aliphatic heterocycles. The van der Waals surface area contributed by atoms with Gasteiger partial charge in [0, 0.05) is 23.2 Å². The van der Waals surface area contributed by atoms with Crippen LogP contribution in [0.4, 0.5) is 10.5 Å². The van der Waals surface area contributed by atoms with Crippen molar-refractivity contribution < 1.29 is 19.1 Å².